The van der Waals surface area contributed by atoms with Gasteiger partial charge in [0.15, 0.2) is 0 Å². The van der Waals surface area contributed by atoms with Crippen LogP contribution in [0.15, 0.2) is 59.5 Å². The molecule has 0 bridgehead atoms. The molecular formula is C21H28N4O4S. The number of rotatable bonds is 10. The number of sulfonamides is 1. The Bertz CT molecular complexity index is 931. The van der Waals surface area contributed by atoms with E-state index in [0.717, 1.165) is 18.4 Å². The van der Waals surface area contributed by atoms with Gasteiger partial charge in [0.25, 0.3) is 0 Å². The monoisotopic (exact) mass is 432 g/mol. The lowest BCUT2D eigenvalue weighted by molar-refractivity contribution is -0.118. The van der Waals surface area contributed by atoms with Gasteiger partial charge in [0.2, 0.25) is 15.9 Å². The molecule has 0 aromatic heterocycles. The Balaban J connectivity index is 1.80. The highest BCUT2D eigenvalue weighted by atomic mass is 32.2. The number of nitrogens with zero attached hydrogens (tertiary/aromatic N) is 1. The molecule has 0 aliphatic carbocycles. The smallest absolute Gasteiger partial charge is 0.321 e. The summed E-state index contributed by atoms with van der Waals surface area (Å²) in [4.78, 5) is 23.9. The zero-order valence-corrected chi connectivity index (χ0v) is 18.0. The van der Waals surface area contributed by atoms with E-state index in [4.69, 9.17) is 0 Å². The van der Waals surface area contributed by atoms with Crippen LogP contribution in [0.4, 0.5) is 10.5 Å². The van der Waals surface area contributed by atoms with Crippen LogP contribution in [0.25, 0.3) is 0 Å². The van der Waals surface area contributed by atoms with E-state index in [9.17, 15) is 18.0 Å². The van der Waals surface area contributed by atoms with E-state index in [2.05, 4.69) is 16.0 Å². The van der Waals surface area contributed by atoms with Gasteiger partial charge in [-0.2, -0.15) is 0 Å². The molecule has 0 saturated carbocycles. The van der Waals surface area contributed by atoms with Gasteiger partial charge in [-0.3, -0.25) is 10.1 Å². The van der Waals surface area contributed by atoms with E-state index < -0.39 is 22.0 Å². The van der Waals surface area contributed by atoms with Gasteiger partial charge in [-0.1, -0.05) is 43.7 Å². The summed E-state index contributed by atoms with van der Waals surface area (Å²) in [5, 5.41) is 7.71. The molecule has 162 valence electrons. The van der Waals surface area contributed by atoms with Crippen LogP contribution in [0.1, 0.15) is 25.3 Å². The van der Waals surface area contributed by atoms with Crippen molar-refractivity contribution in [3.63, 3.8) is 0 Å². The number of benzene rings is 2. The molecule has 30 heavy (non-hydrogen) atoms. The van der Waals surface area contributed by atoms with Gasteiger partial charge in [0.05, 0.1) is 11.4 Å². The van der Waals surface area contributed by atoms with Crippen LogP contribution in [0.2, 0.25) is 0 Å². The number of anilines is 1. The molecule has 9 heteroatoms. The highest BCUT2D eigenvalue weighted by Gasteiger charge is 2.19. The summed E-state index contributed by atoms with van der Waals surface area (Å²) < 4.78 is 26.3. The summed E-state index contributed by atoms with van der Waals surface area (Å²) in [6.07, 6.45) is 1.71. The fourth-order valence-corrected chi connectivity index (χ4v) is 3.81. The van der Waals surface area contributed by atoms with Crippen molar-refractivity contribution in [3.8, 4) is 0 Å². The molecule has 0 unspecified atom stereocenters. The zero-order valence-electron chi connectivity index (χ0n) is 17.2. The van der Waals surface area contributed by atoms with Crippen molar-refractivity contribution < 1.29 is 18.0 Å². The normalized spacial score (nSPS) is 11.2. The van der Waals surface area contributed by atoms with E-state index in [1.807, 2.05) is 37.3 Å². The van der Waals surface area contributed by atoms with Crippen LogP contribution in [0.5, 0.6) is 0 Å². The van der Waals surface area contributed by atoms with E-state index in [-0.39, 0.29) is 11.4 Å². The first kappa shape index (κ1) is 23.4. The molecule has 2 aromatic carbocycles. The third-order valence-corrected chi connectivity index (χ3v) is 6.26. The number of hydrogen-bond donors (Lipinski definition) is 3. The Morgan fingerprint density at radius 2 is 1.67 bits per heavy atom. The maximum absolute atomic E-state index is 12.5. The molecule has 3 N–H and O–H groups in total. The number of carbonyl (C=O) groups is 2. The minimum atomic E-state index is -3.53. The molecule has 0 spiro atoms. The van der Waals surface area contributed by atoms with Crippen LogP contribution in [-0.4, -0.2) is 44.8 Å². The summed E-state index contributed by atoms with van der Waals surface area (Å²) in [6, 6.07) is 14.9. The number of carbonyl (C=O) groups excluding carboxylic acids is 2. The third-order valence-electron chi connectivity index (χ3n) is 4.39. The first-order chi connectivity index (χ1) is 14.3. The van der Waals surface area contributed by atoms with Gasteiger partial charge in [0.1, 0.15) is 0 Å². The van der Waals surface area contributed by atoms with E-state index in [1.165, 1.54) is 16.4 Å². The predicted octanol–water partition coefficient (Wildman–Crippen LogP) is 2.55. The van der Waals surface area contributed by atoms with Crippen molar-refractivity contribution >= 4 is 27.6 Å². The standard InChI is InChI=1S/C21H28N4O4S/c1-3-4-14-25(2)30(28,29)19-12-10-18(11-13-19)22-16-20(26)24-21(27)23-15-17-8-6-5-7-9-17/h5-13,22H,3-4,14-16H2,1-2H3,(H2,23,24,26,27). The van der Waals surface area contributed by atoms with E-state index >= 15 is 0 Å². The molecule has 2 rings (SSSR count). The third kappa shape index (κ3) is 7.16. The lowest BCUT2D eigenvalue weighted by Crippen LogP contribution is -2.41. The average molecular weight is 433 g/mol. The van der Waals surface area contributed by atoms with Gasteiger partial charge in [-0.25, -0.2) is 17.5 Å². The van der Waals surface area contributed by atoms with Gasteiger partial charge in [-0.05, 0) is 36.2 Å². The van der Waals surface area contributed by atoms with Gasteiger partial charge < -0.3 is 10.6 Å². The second-order valence-electron chi connectivity index (χ2n) is 6.77. The molecule has 0 aliphatic heterocycles. The molecule has 0 saturated heterocycles. The van der Waals surface area contributed by atoms with Crippen LogP contribution in [0, 0.1) is 0 Å². The number of unbranched alkanes of at least 4 members (excludes halogenated alkanes) is 1. The van der Waals surface area contributed by atoms with Gasteiger partial charge in [-0.15, -0.1) is 0 Å². The molecule has 0 aliphatic rings. The minimum Gasteiger partial charge on any atom is -0.376 e. The average Bonchev–Trinajstić information content (AvgIpc) is 2.75. The number of urea groups is 1. The summed E-state index contributed by atoms with van der Waals surface area (Å²) in [7, 11) is -1.97. The van der Waals surface area contributed by atoms with Crippen LogP contribution >= 0.6 is 0 Å². The summed E-state index contributed by atoms with van der Waals surface area (Å²) in [5.41, 5.74) is 1.50. The maximum Gasteiger partial charge on any atom is 0.321 e. The molecular weight excluding hydrogens is 404 g/mol. The highest BCUT2D eigenvalue weighted by Crippen LogP contribution is 2.17. The Morgan fingerprint density at radius 3 is 2.30 bits per heavy atom. The molecule has 0 heterocycles. The number of nitrogens with one attached hydrogen (secondary N) is 3. The fourth-order valence-electron chi connectivity index (χ4n) is 2.60. The number of amides is 3. The second kappa shape index (κ2) is 11.3. The quantitative estimate of drug-likeness (QED) is 0.535. The summed E-state index contributed by atoms with van der Waals surface area (Å²) in [6.45, 7) is 2.66. The van der Waals surface area contributed by atoms with Crippen LogP contribution < -0.4 is 16.0 Å². The fraction of sp³-hybridized carbons (Fsp3) is 0.333. The lowest BCUT2D eigenvalue weighted by atomic mass is 10.2. The SMILES string of the molecule is CCCCN(C)S(=O)(=O)c1ccc(NCC(=O)NC(=O)NCc2ccccc2)cc1. The topological polar surface area (TPSA) is 108 Å². The second-order valence-corrected chi connectivity index (χ2v) is 8.82. The maximum atomic E-state index is 12.5. The van der Waals surface area contributed by atoms with Crippen molar-refractivity contribution in [1.82, 2.24) is 14.9 Å². The molecule has 0 atom stereocenters. The largest absolute Gasteiger partial charge is 0.376 e. The van der Waals surface area contributed by atoms with Crippen molar-refractivity contribution in [1.29, 1.82) is 0 Å². The highest BCUT2D eigenvalue weighted by molar-refractivity contribution is 7.89. The van der Waals surface area contributed by atoms with Crippen molar-refractivity contribution in [2.24, 2.45) is 0 Å². The van der Waals surface area contributed by atoms with Crippen molar-refractivity contribution in [2.45, 2.75) is 31.2 Å². The Kier molecular flexibility index (Phi) is 8.82. The lowest BCUT2D eigenvalue weighted by Gasteiger charge is -2.17. The summed E-state index contributed by atoms with van der Waals surface area (Å²) >= 11 is 0. The number of imide groups is 1. The van der Waals surface area contributed by atoms with Gasteiger partial charge >= 0.3 is 6.03 Å². The molecule has 8 nitrogen and oxygen atoms in total. The van der Waals surface area contributed by atoms with Crippen molar-refractivity contribution in [2.75, 3.05) is 25.5 Å². The zero-order chi connectivity index (χ0) is 22.0. The Hall–Kier alpha value is -2.91. The number of hydrogen-bond acceptors (Lipinski definition) is 5. The summed E-state index contributed by atoms with van der Waals surface area (Å²) in [5.74, 6) is -0.503. The van der Waals surface area contributed by atoms with Crippen LogP contribution in [0.3, 0.4) is 0 Å². The van der Waals surface area contributed by atoms with E-state index in [0.29, 0.717) is 18.8 Å². The molecule has 3 amide bonds. The van der Waals surface area contributed by atoms with Crippen molar-refractivity contribution in [3.05, 3.63) is 60.2 Å². The minimum absolute atomic E-state index is 0.124. The molecule has 0 radical (unpaired) electrons. The Morgan fingerprint density at radius 1 is 1.00 bits per heavy atom. The first-order valence-electron chi connectivity index (χ1n) is 9.75. The Labute approximate surface area is 177 Å². The molecule has 0 fully saturated rings. The van der Waals surface area contributed by atoms with Crippen LogP contribution in [-0.2, 0) is 21.4 Å². The first-order valence-corrected chi connectivity index (χ1v) is 11.2. The van der Waals surface area contributed by atoms with Gasteiger partial charge in [0, 0.05) is 25.8 Å². The van der Waals surface area contributed by atoms with E-state index in [1.54, 1.807) is 19.2 Å². The predicted molar refractivity (Wildman–Crippen MR) is 116 cm³/mol. The molecule has 2 aromatic rings.